The topological polar surface area (TPSA) is 93.5 Å². The van der Waals surface area contributed by atoms with Crippen LogP contribution >= 0.6 is 23.8 Å². The first-order chi connectivity index (χ1) is 13.9. The van der Waals surface area contributed by atoms with Crippen molar-refractivity contribution in [1.29, 1.82) is 0 Å². The molecule has 7 nitrogen and oxygen atoms in total. The number of halogens is 1. The lowest BCUT2D eigenvalue weighted by Crippen LogP contribution is -2.34. The number of ether oxygens (including phenoxy) is 1. The Kier molecular flexibility index (Phi) is 6.38. The van der Waals surface area contributed by atoms with E-state index < -0.39 is 10.8 Å². The average molecular weight is 428 g/mol. The second-order valence-corrected chi connectivity index (χ2v) is 6.59. The van der Waals surface area contributed by atoms with Crippen LogP contribution in [0.5, 0.6) is 11.5 Å². The molecule has 0 heterocycles. The monoisotopic (exact) mass is 427 g/mol. The van der Waals surface area contributed by atoms with Crippen molar-refractivity contribution in [2.75, 3.05) is 5.32 Å². The fraction of sp³-hybridized carbons (Fsp3) is 0. The minimum Gasteiger partial charge on any atom is -0.457 e. The Bertz CT molecular complexity index is 1060. The Morgan fingerprint density at radius 1 is 1.00 bits per heavy atom. The second-order valence-electron chi connectivity index (χ2n) is 5.77. The van der Waals surface area contributed by atoms with Crippen LogP contribution in [-0.4, -0.2) is 15.9 Å². The van der Waals surface area contributed by atoms with Gasteiger partial charge in [-0.2, -0.15) is 0 Å². The number of nitrogens with zero attached hydrogens (tertiary/aromatic N) is 1. The molecule has 3 rings (SSSR count). The predicted molar refractivity (Wildman–Crippen MR) is 115 cm³/mol. The highest BCUT2D eigenvalue weighted by molar-refractivity contribution is 7.80. The van der Waals surface area contributed by atoms with Crippen molar-refractivity contribution in [2.45, 2.75) is 0 Å². The molecule has 0 saturated heterocycles. The summed E-state index contributed by atoms with van der Waals surface area (Å²) in [7, 11) is 0. The Balaban J connectivity index is 1.60. The van der Waals surface area contributed by atoms with Gasteiger partial charge in [-0.1, -0.05) is 29.8 Å². The van der Waals surface area contributed by atoms with Crippen molar-refractivity contribution in [1.82, 2.24) is 5.32 Å². The molecule has 1 amide bonds. The molecule has 0 spiro atoms. The summed E-state index contributed by atoms with van der Waals surface area (Å²) < 4.78 is 5.70. The summed E-state index contributed by atoms with van der Waals surface area (Å²) in [6, 6.07) is 20.1. The lowest BCUT2D eigenvalue weighted by atomic mass is 10.2. The first-order valence-corrected chi connectivity index (χ1v) is 9.10. The maximum atomic E-state index is 12.3. The Morgan fingerprint density at radius 2 is 1.66 bits per heavy atom. The summed E-state index contributed by atoms with van der Waals surface area (Å²) in [4.78, 5) is 22.6. The molecule has 0 aliphatic carbocycles. The molecule has 0 saturated carbocycles. The zero-order chi connectivity index (χ0) is 20.8. The van der Waals surface area contributed by atoms with Gasteiger partial charge in [-0.3, -0.25) is 20.2 Å². The van der Waals surface area contributed by atoms with Crippen molar-refractivity contribution in [3.8, 4) is 11.5 Å². The van der Waals surface area contributed by atoms with Crippen LogP contribution in [0.4, 0.5) is 11.4 Å². The van der Waals surface area contributed by atoms with E-state index in [9.17, 15) is 14.9 Å². The van der Waals surface area contributed by atoms with E-state index in [0.29, 0.717) is 17.2 Å². The van der Waals surface area contributed by atoms with Crippen molar-refractivity contribution in [3.63, 3.8) is 0 Å². The first kappa shape index (κ1) is 20.2. The van der Waals surface area contributed by atoms with Gasteiger partial charge in [0.1, 0.15) is 16.5 Å². The molecular weight excluding hydrogens is 414 g/mol. The van der Waals surface area contributed by atoms with Crippen molar-refractivity contribution >= 4 is 46.2 Å². The van der Waals surface area contributed by atoms with Gasteiger partial charge in [0.2, 0.25) is 0 Å². The van der Waals surface area contributed by atoms with Gasteiger partial charge < -0.3 is 10.1 Å². The largest absolute Gasteiger partial charge is 0.457 e. The summed E-state index contributed by atoms with van der Waals surface area (Å²) in [5.74, 6) is 0.768. The normalized spacial score (nSPS) is 10.1. The summed E-state index contributed by atoms with van der Waals surface area (Å²) >= 11 is 10.9. The molecule has 0 bridgehead atoms. The number of nitrogens with one attached hydrogen (secondary N) is 2. The van der Waals surface area contributed by atoms with Crippen molar-refractivity contribution < 1.29 is 14.5 Å². The molecule has 146 valence electrons. The van der Waals surface area contributed by atoms with E-state index in [0.717, 1.165) is 6.07 Å². The molecule has 29 heavy (non-hydrogen) atoms. The van der Waals surface area contributed by atoms with Gasteiger partial charge in [-0.15, -0.1) is 0 Å². The number of nitro benzene ring substituents is 1. The van der Waals surface area contributed by atoms with Gasteiger partial charge in [-0.25, -0.2) is 0 Å². The van der Waals surface area contributed by atoms with Crippen molar-refractivity contribution in [2.24, 2.45) is 0 Å². The number of hydrogen-bond acceptors (Lipinski definition) is 5. The summed E-state index contributed by atoms with van der Waals surface area (Å²) in [5.41, 5.74) is 0.349. The Labute approximate surface area is 176 Å². The molecule has 3 aromatic rings. The number of amides is 1. The van der Waals surface area contributed by atoms with Crippen LogP contribution in [0.3, 0.4) is 0 Å². The quantitative estimate of drug-likeness (QED) is 0.331. The standard InChI is InChI=1S/C20H14ClN3O4S/c21-17-11-6-13(12-18(17)24(26)27)19(25)23-20(29)22-14-7-9-16(10-8-14)28-15-4-2-1-3-5-15/h1-12H,(H2,22,23,25,29). The molecule has 9 heteroatoms. The van der Waals surface area contributed by atoms with Gasteiger partial charge in [0.25, 0.3) is 11.6 Å². The number of carbonyl (C=O) groups is 1. The first-order valence-electron chi connectivity index (χ1n) is 8.31. The minimum atomic E-state index is -0.658. The third kappa shape index (κ3) is 5.50. The van der Waals surface area contributed by atoms with Gasteiger partial charge in [0, 0.05) is 17.3 Å². The molecule has 2 N–H and O–H groups in total. The smallest absolute Gasteiger partial charge is 0.288 e. The maximum absolute atomic E-state index is 12.3. The molecule has 0 aromatic heterocycles. The fourth-order valence-corrected chi connectivity index (χ4v) is 2.76. The van der Waals surface area contributed by atoms with E-state index in [1.165, 1.54) is 12.1 Å². The van der Waals surface area contributed by atoms with Gasteiger partial charge in [0.15, 0.2) is 5.11 Å². The zero-order valence-corrected chi connectivity index (χ0v) is 16.4. The molecule has 0 atom stereocenters. The number of hydrogen-bond donors (Lipinski definition) is 2. The lowest BCUT2D eigenvalue weighted by Gasteiger charge is -2.11. The average Bonchev–Trinajstić information content (AvgIpc) is 2.70. The third-order valence-electron chi connectivity index (χ3n) is 3.72. The molecule has 0 fully saturated rings. The second kappa shape index (κ2) is 9.13. The third-order valence-corrected chi connectivity index (χ3v) is 4.25. The van der Waals surface area contributed by atoms with Crippen LogP contribution in [0.15, 0.2) is 72.8 Å². The molecular formula is C20H14ClN3O4S. The van der Waals surface area contributed by atoms with Crippen LogP contribution in [0.25, 0.3) is 0 Å². The summed E-state index contributed by atoms with van der Waals surface area (Å²) in [6.07, 6.45) is 0. The highest BCUT2D eigenvalue weighted by Crippen LogP contribution is 2.25. The molecule has 0 aliphatic rings. The van der Waals surface area contributed by atoms with Gasteiger partial charge >= 0.3 is 0 Å². The van der Waals surface area contributed by atoms with Gasteiger partial charge in [0.05, 0.1) is 4.92 Å². The van der Waals surface area contributed by atoms with E-state index in [-0.39, 0.29) is 21.4 Å². The van der Waals surface area contributed by atoms with Crippen LogP contribution in [0, 0.1) is 10.1 Å². The fourth-order valence-electron chi connectivity index (χ4n) is 2.36. The van der Waals surface area contributed by atoms with E-state index in [4.69, 9.17) is 28.6 Å². The van der Waals surface area contributed by atoms with Gasteiger partial charge in [-0.05, 0) is 60.7 Å². The number of anilines is 1. The lowest BCUT2D eigenvalue weighted by molar-refractivity contribution is -0.384. The van der Waals surface area contributed by atoms with Crippen LogP contribution in [0.2, 0.25) is 5.02 Å². The van der Waals surface area contributed by atoms with E-state index >= 15 is 0 Å². The number of nitro groups is 1. The molecule has 0 radical (unpaired) electrons. The SMILES string of the molecule is O=C(NC(=S)Nc1ccc(Oc2ccccc2)cc1)c1ccc(Cl)c([N+](=O)[O-])c1. The predicted octanol–water partition coefficient (Wildman–Crippen LogP) is 5.17. The Hall–Kier alpha value is -3.49. The number of thiocarbonyl (C=S) groups is 1. The van der Waals surface area contributed by atoms with Crippen LogP contribution in [-0.2, 0) is 0 Å². The van der Waals surface area contributed by atoms with E-state index in [1.807, 2.05) is 30.3 Å². The number of rotatable bonds is 5. The van der Waals surface area contributed by atoms with E-state index in [1.54, 1.807) is 24.3 Å². The zero-order valence-electron chi connectivity index (χ0n) is 14.8. The summed E-state index contributed by atoms with van der Waals surface area (Å²) in [5, 5.41) is 16.3. The highest BCUT2D eigenvalue weighted by atomic mass is 35.5. The van der Waals surface area contributed by atoms with E-state index in [2.05, 4.69) is 10.6 Å². The highest BCUT2D eigenvalue weighted by Gasteiger charge is 2.17. The maximum Gasteiger partial charge on any atom is 0.288 e. The minimum absolute atomic E-state index is 0.0457. The summed E-state index contributed by atoms with van der Waals surface area (Å²) in [6.45, 7) is 0. The van der Waals surface area contributed by atoms with Crippen LogP contribution < -0.4 is 15.4 Å². The van der Waals surface area contributed by atoms with Crippen molar-refractivity contribution in [3.05, 3.63) is 93.5 Å². The molecule has 3 aromatic carbocycles. The molecule has 0 unspecified atom stereocenters. The van der Waals surface area contributed by atoms with Crippen LogP contribution in [0.1, 0.15) is 10.4 Å². The Morgan fingerprint density at radius 3 is 2.31 bits per heavy atom. The number of benzene rings is 3. The number of para-hydroxylation sites is 1. The molecule has 0 aliphatic heterocycles. The number of carbonyl (C=O) groups excluding carboxylic acids is 1.